The molecule has 0 aliphatic rings. The summed E-state index contributed by atoms with van der Waals surface area (Å²) in [5.41, 5.74) is 0.309. The van der Waals surface area contributed by atoms with Crippen molar-refractivity contribution in [1.29, 1.82) is 0 Å². The summed E-state index contributed by atoms with van der Waals surface area (Å²) in [5.74, 6) is -1.91. The van der Waals surface area contributed by atoms with Gasteiger partial charge in [-0.2, -0.15) is 0 Å². The lowest BCUT2D eigenvalue weighted by Gasteiger charge is -2.17. The van der Waals surface area contributed by atoms with Crippen molar-refractivity contribution in [2.75, 3.05) is 13.2 Å². The van der Waals surface area contributed by atoms with Crippen molar-refractivity contribution < 1.29 is 19.0 Å². The second-order valence-corrected chi connectivity index (χ2v) is 3.89. The SMILES string of the molecule is CCC(CO)NCC(O)c1ccc(F)c(F)c1. The van der Waals surface area contributed by atoms with Gasteiger partial charge in [-0.25, -0.2) is 8.78 Å². The van der Waals surface area contributed by atoms with Crippen LogP contribution in [0.3, 0.4) is 0 Å². The Hall–Kier alpha value is -1.04. The Kier molecular flexibility index (Phi) is 5.47. The molecular weight excluding hydrogens is 228 g/mol. The van der Waals surface area contributed by atoms with Crippen LogP contribution >= 0.6 is 0 Å². The fourth-order valence-electron chi connectivity index (χ4n) is 1.45. The summed E-state index contributed by atoms with van der Waals surface area (Å²) >= 11 is 0. The normalized spacial score (nSPS) is 14.6. The van der Waals surface area contributed by atoms with Gasteiger partial charge in [0.15, 0.2) is 11.6 Å². The first-order valence-electron chi connectivity index (χ1n) is 5.55. The van der Waals surface area contributed by atoms with Gasteiger partial charge in [-0.15, -0.1) is 0 Å². The fourth-order valence-corrected chi connectivity index (χ4v) is 1.45. The van der Waals surface area contributed by atoms with Crippen LogP contribution in [0.4, 0.5) is 8.78 Å². The molecule has 2 unspecified atom stereocenters. The van der Waals surface area contributed by atoms with Crippen molar-refractivity contribution >= 4 is 0 Å². The first-order valence-corrected chi connectivity index (χ1v) is 5.55. The molecule has 1 aromatic carbocycles. The third-order valence-electron chi connectivity index (χ3n) is 2.64. The second kappa shape index (κ2) is 6.64. The van der Waals surface area contributed by atoms with Crippen LogP contribution < -0.4 is 5.32 Å². The van der Waals surface area contributed by atoms with Gasteiger partial charge in [0.05, 0.1) is 12.7 Å². The van der Waals surface area contributed by atoms with E-state index in [9.17, 15) is 13.9 Å². The minimum atomic E-state index is -0.976. The quantitative estimate of drug-likeness (QED) is 0.709. The maximum absolute atomic E-state index is 12.9. The average Bonchev–Trinajstić information content (AvgIpc) is 2.33. The molecule has 2 atom stereocenters. The van der Waals surface area contributed by atoms with E-state index in [1.54, 1.807) is 0 Å². The van der Waals surface area contributed by atoms with Gasteiger partial charge in [-0.05, 0) is 24.1 Å². The van der Waals surface area contributed by atoms with Gasteiger partial charge < -0.3 is 15.5 Å². The molecule has 0 fully saturated rings. The monoisotopic (exact) mass is 245 g/mol. The number of aliphatic hydroxyl groups is 2. The number of rotatable bonds is 6. The van der Waals surface area contributed by atoms with E-state index in [-0.39, 0.29) is 19.2 Å². The van der Waals surface area contributed by atoms with E-state index in [1.165, 1.54) is 6.07 Å². The molecule has 0 amide bonds. The summed E-state index contributed by atoms with van der Waals surface area (Å²) in [5, 5.41) is 21.6. The summed E-state index contributed by atoms with van der Waals surface area (Å²) in [7, 11) is 0. The van der Waals surface area contributed by atoms with E-state index in [2.05, 4.69) is 5.32 Å². The number of benzene rings is 1. The smallest absolute Gasteiger partial charge is 0.159 e. The summed E-state index contributed by atoms with van der Waals surface area (Å²) in [6.07, 6.45) is -0.202. The van der Waals surface area contributed by atoms with Crippen molar-refractivity contribution in [3.05, 3.63) is 35.4 Å². The molecule has 0 heterocycles. The zero-order valence-corrected chi connectivity index (χ0v) is 9.66. The van der Waals surface area contributed by atoms with Crippen LogP contribution in [0.1, 0.15) is 25.0 Å². The maximum Gasteiger partial charge on any atom is 0.159 e. The highest BCUT2D eigenvalue weighted by atomic mass is 19.2. The molecule has 3 nitrogen and oxygen atoms in total. The largest absolute Gasteiger partial charge is 0.395 e. The number of hydrogen-bond acceptors (Lipinski definition) is 3. The molecule has 1 aromatic rings. The summed E-state index contributed by atoms with van der Waals surface area (Å²) in [6, 6.07) is 3.19. The van der Waals surface area contributed by atoms with Crippen molar-refractivity contribution in [2.24, 2.45) is 0 Å². The molecule has 0 saturated carbocycles. The van der Waals surface area contributed by atoms with Crippen LogP contribution in [0.25, 0.3) is 0 Å². The van der Waals surface area contributed by atoms with E-state index in [0.717, 1.165) is 18.6 Å². The van der Waals surface area contributed by atoms with E-state index in [0.29, 0.717) is 5.56 Å². The lowest BCUT2D eigenvalue weighted by Crippen LogP contribution is -2.35. The zero-order chi connectivity index (χ0) is 12.8. The Labute approximate surface area is 99.1 Å². The molecule has 0 radical (unpaired) electrons. The summed E-state index contributed by atoms with van der Waals surface area (Å²) in [4.78, 5) is 0. The van der Waals surface area contributed by atoms with E-state index < -0.39 is 17.7 Å². The topological polar surface area (TPSA) is 52.5 Å². The number of aliphatic hydroxyl groups excluding tert-OH is 2. The Morgan fingerprint density at radius 2 is 2.00 bits per heavy atom. The van der Waals surface area contributed by atoms with E-state index in [1.807, 2.05) is 6.92 Å². The predicted octanol–water partition coefficient (Wildman–Crippen LogP) is 1.36. The molecule has 0 saturated heterocycles. The molecular formula is C12H17F2NO2. The van der Waals surface area contributed by atoms with Gasteiger partial charge in [0.1, 0.15) is 0 Å². The van der Waals surface area contributed by atoms with Gasteiger partial charge in [-0.3, -0.25) is 0 Å². The second-order valence-electron chi connectivity index (χ2n) is 3.89. The molecule has 17 heavy (non-hydrogen) atoms. The van der Waals surface area contributed by atoms with Crippen LogP contribution in [0.15, 0.2) is 18.2 Å². The highest BCUT2D eigenvalue weighted by Gasteiger charge is 2.12. The van der Waals surface area contributed by atoms with Crippen LogP contribution in [0, 0.1) is 11.6 Å². The Morgan fingerprint density at radius 1 is 1.29 bits per heavy atom. The minimum Gasteiger partial charge on any atom is -0.395 e. The predicted molar refractivity (Wildman–Crippen MR) is 60.5 cm³/mol. The summed E-state index contributed by atoms with van der Waals surface area (Å²) in [6.45, 7) is 2.06. The molecule has 0 bridgehead atoms. The first kappa shape index (κ1) is 14.0. The standard InChI is InChI=1S/C12H17F2NO2/c1-2-9(7-16)15-6-12(17)8-3-4-10(13)11(14)5-8/h3-5,9,12,15-17H,2,6-7H2,1H3. The van der Waals surface area contributed by atoms with Crippen molar-refractivity contribution in [1.82, 2.24) is 5.32 Å². The maximum atomic E-state index is 12.9. The number of hydrogen-bond donors (Lipinski definition) is 3. The first-order chi connectivity index (χ1) is 8.08. The summed E-state index contributed by atoms with van der Waals surface area (Å²) < 4.78 is 25.6. The molecule has 0 spiro atoms. The Morgan fingerprint density at radius 3 is 2.53 bits per heavy atom. The highest BCUT2D eigenvalue weighted by Crippen LogP contribution is 2.15. The van der Waals surface area contributed by atoms with Crippen LogP contribution in [0.5, 0.6) is 0 Å². The van der Waals surface area contributed by atoms with Gasteiger partial charge >= 0.3 is 0 Å². The van der Waals surface area contributed by atoms with E-state index in [4.69, 9.17) is 5.11 Å². The Balaban J connectivity index is 2.57. The van der Waals surface area contributed by atoms with Crippen LogP contribution in [0.2, 0.25) is 0 Å². The van der Waals surface area contributed by atoms with Crippen molar-refractivity contribution in [2.45, 2.75) is 25.5 Å². The lowest BCUT2D eigenvalue weighted by molar-refractivity contribution is 0.157. The van der Waals surface area contributed by atoms with Gasteiger partial charge in [0.2, 0.25) is 0 Å². The number of halogens is 2. The van der Waals surface area contributed by atoms with Gasteiger partial charge in [0, 0.05) is 12.6 Å². The molecule has 0 aliphatic heterocycles. The molecule has 1 rings (SSSR count). The molecule has 3 N–H and O–H groups in total. The molecule has 0 aliphatic carbocycles. The van der Waals surface area contributed by atoms with Gasteiger partial charge in [0.25, 0.3) is 0 Å². The minimum absolute atomic E-state index is 0.0268. The molecule has 5 heteroatoms. The zero-order valence-electron chi connectivity index (χ0n) is 9.66. The van der Waals surface area contributed by atoms with E-state index >= 15 is 0 Å². The number of nitrogens with one attached hydrogen (secondary N) is 1. The van der Waals surface area contributed by atoms with Crippen molar-refractivity contribution in [3.63, 3.8) is 0 Å². The van der Waals surface area contributed by atoms with Crippen LogP contribution in [-0.2, 0) is 0 Å². The Bertz CT molecular complexity index is 356. The third-order valence-corrected chi connectivity index (χ3v) is 2.64. The highest BCUT2D eigenvalue weighted by molar-refractivity contribution is 5.20. The van der Waals surface area contributed by atoms with Crippen LogP contribution in [-0.4, -0.2) is 29.4 Å². The lowest BCUT2D eigenvalue weighted by atomic mass is 10.1. The average molecular weight is 245 g/mol. The van der Waals surface area contributed by atoms with Gasteiger partial charge in [-0.1, -0.05) is 13.0 Å². The van der Waals surface area contributed by atoms with Crippen molar-refractivity contribution in [3.8, 4) is 0 Å². The molecule has 0 aromatic heterocycles. The molecule has 96 valence electrons. The fraction of sp³-hybridized carbons (Fsp3) is 0.500. The third kappa shape index (κ3) is 4.03.